The Balaban J connectivity index is 2.41. The van der Waals surface area contributed by atoms with Crippen LogP contribution in [0.1, 0.15) is 21.5 Å². The molecular weight excluding hydrogens is 399 g/mol. The fourth-order valence-electron chi connectivity index (χ4n) is 1.65. The number of hydrogen-bond donors (Lipinski definition) is 0. The van der Waals surface area contributed by atoms with Crippen molar-refractivity contribution in [1.82, 2.24) is 0 Å². The van der Waals surface area contributed by atoms with Crippen LogP contribution in [0, 0.1) is 6.92 Å². The molecule has 0 heterocycles. The van der Waals surface area contributed by atoms with Gasteiger partial charge in [0.15, 0.2) is 0 Å². The SMILES string of the molecule is Cc1ccc(C(Br)c2ccc(Cl)cc2Cl)cc1Br. The summed E-state index contributed by atoms with van der Waals surface area (Å²) in [5, 5.41) is 1.31. The Labute approximate surface area is 134 Å². The van der Waals surface area contributed by atoms with E-state index in [1.54, 1.807) is 6.07 Å². The fourth-order valence-corrected chi connectivity index (χ4v) is 3.38. The first-order valence-corrected chi connectivity index (χ1v) is 7.80. The van der Waals surface area contributed by atoms with E-state index in [4.69, 9.17) is 23.2 Å². The normalized spacial score (nSPS) is 12.5. The highest BCUT2D eigenvalue weighted by molar-refractivity contribution is 9.10. The largest absolute Gasteiger partial charge is 0.0843 e. The van der Waals surface area contributed by atoms with Gasteiger partial charge in [0.25, 0.3) is 0 Å². The third-order valence-electron chi connectivity index (χ3n) is 2.72. The van der Waals surface area contributed by atoms with Gasteiger partial charge in [-0.05, 0) is 41.8 Å². The molecule has 0 aliphatic rings. The van der Waals surface area contributed by atoms with Crippen LogP contribution in [-0.4, -0.2) is 0 Å². The van der Waals surface area contributed by atoms with E-state index in [0.717, 1.165) is 15.6 Å². The van der Waals surface area contributed by atoms with Gasteiger partial charge in [-0.1, -0.05) is 73.3 Å². The maximum atomic E-state index is 6.22. The molecular formula is C14H10Br2Cl2. The van der Waals surface area contributed by atoms with Crippen molar-refractivity contribution in [3.63, 3.8) is 0 Å². The van der Waals surface area contributed by atoms with E-state index < -0.39 is 0 Å². The van der Waals surface area contributed by atoms with E-state index in [1.807, 2.05) is 12.1 Å². The Morgan fingerprint density at radius 2 is 1.78 bits per heavy atom. The minimum atomic E-state index is 0.0548. The van der Waals surface area contributed by atoms with Crippen LogP contribution in [-0.2, 0) is 0 Å². The number of aryl methyl sites for hydroxylation is 1. The first-order chi connectivity index (χ1) is 8.49. The Kier molecular flexibility index (Phi) is 4.76. The standard InChI is InChI=1S/C14H10Br2Cl2/c1-8-2-3-9(6-12(8)15)14(16)11-5-4-10(17)7-13(11)18/h2-7,14H,1H3. The lowest BCUT2D eigenvalue weighted by atomic mass is 10.0. The van der Waals surface area contributed by atoms with Gasteiger partial charge >= 0.3 is 0 Å². The summed E-state index contributed by atoms with van der Waals surface area (Å²) in [4.78, 5) is 0.0548. The van der Waals surface area contributed by atoms with Crippen molar-refractivity contribution in [3.8, 4) is 0 Å². The predicted molar refractivity (Wildman–Crippen MR) is 86.1 cm³/mol. The van der Waals surface area contributed by atoms with Gasteiger partial charge < -0.3 is 0 Å². The topological polar surface area (TPSA) is 0 Å². The molecule has 0 spiro atoms. The van der Waals surface area contributed by atoms with Gasteiger partial charge in [0.2, 0.25) is 0 Å². The van der Waals surface area contributed by atoms with E-state index in [-0.39, 0.29) is 4.83 Å². The van der Waals surface area contributed by atoms with E-state index in [9.17, 15) is 0 Å². The molecule has 18 heavy (non-hydrogen) atoms. The van der Waals surface area contributed by atoms with Gasteiger partial charge in [0.1, 0.15) is 0 Å². The van der Waals surface area contributed by atoms with Crippen LogP contribution >= 0.6 is 55.1 Å². The Hall–Kier alpha value is -0.0200. The molecule has 4 heteroatoms. The molecule has 2 rings (SSSR count). The third-order valence-corrected chi connectivity index (χ3v) is 5.16. The minimum Gasteiger partial charge on any atom is -0.0843 e. The van der Waals surface area contributed by atoms with Crippen LogP contribution < -0.4 is 0 Å². The molecule has 0 fully saturated rings. The molecule has 94 valence electrons. The summed E-state index contributed by atoms with van der Waals surface area (Å²) in [6.07, 6.45) is 0. The van der Waals surface area contributed by atoms with Gasteiger partial charge in [-0.15, -0.1) is 0 Å². The minimum absolute atomic E-state index is 0.0548. The maximum Gasteiger partial charge on any atom is 0.0659 e. The van der Waals surface area contributed by atoms with Gasteiger partial charge in [0, 0.05) is 14.5 Å². The lowest BCUT2D eigenvalue weighted by Gasteiger charge is -2.14. The molecule has 0 saturated heterocycles. The highest BCUT2D eigenvalue weighted by Crippen LogP contribution is 2.37. The molecule has 2 aromatic rings. The molecule has 2 aromatic carbocycles. The predicted octanol–water partition coefficient (Wildman–Crippen LogP) is 6.55. The first kappa shape index (κ1) is 14.4. The lowest BCUT2D eigenvalue weighted by molar-refractivity contribution is 1.17. The average molecular weight is 409 g/mol. The zero-order valence-electron chi connectivity index (χ0n) is 9.55. The monoisotopic (exact) mass is 406 g/mol. The van der Waals surface area contributed by atoms with Crippen LogP contribution in [0.3, 0.4) is 0 Å². The third kappa shape index (κ3) is 3.11. The number of halogens is 4. The number of benzene rings is 2. The molecule has 0 N–H and O–H groups in total. The summed E-state index contributed by atoms with van der Waals surface area (Å²) in [7, 11) is 0. The smallest absolute Gasteiger partial charge is 0.0659 e. The molecule has 0 aromatic heterocycles. The molecule has 0 aliphatic heterocycles. The van der Waals surface area contributed by atoms with Gasteiger partial charge in [-0.25, -0.2) is 0 Å². The van der Waals surface area contributed by atoms with Crippen molar-refractivity contribution in [3.05, 3.63) is 67.6 Å². The molecule has 0 nitrogen and oxygen atoms in total. The summed E-state index contributed by atoms with van der Waals surface area (Å²) in [6.45, 7) is 2.06. The summed E-state index contributed by atoms with van der Waals surface area (Å²) in [6, 6.07) is 11.8. The first-order valence-electron chi connectivity index (χ1n) is 5.34. The Morgan fingerprint density at radius 1 is 1.06 bits per heavy atom. The molecule has 1 unspecified atom stereocenters. The summed E-state index contributed by atoms with van der Waals surface area (Å²) < 4.78 is 1.09. The highest BCUT2D eigenvalue weighted by Gasteiger charge is 2.14. The molecule has 0 radical (unpaired) electrons. The highest BCUT2D eigenvalue weighted by atomic mass is 79.9. The number of alkyl halides is 1. The second-order valence-electron chi connectivity index (χ2n) is 4.04. The molecule has 0 bridgehead atoms. The van der Waals surface area contributed by atoms with Gasteiger partial charge in [0.05, 0.1) is 4.83 Å². The van der Waals surface area contributed by atoms with E-state index >= 15 is 0 Å². The fraction of sp³-hybridized carbons (Fsp3) is 0.143. The van der Waals surface area contributed by atoms with Crippen molar-refractivity contribution >= 4 is 55.1 Å². The maximum absolute atomic E-state index is 6.22. The van der Waals surface area contributed by atoms with Crippen molar-refractivity contribution < 1.29 is 0 Å². The van der Waals surface area contributed by atoms with Gasteiger partial charge in [-0.3, -0.25) is 0 Å². The van der Waals surface area contributed by atoms with Crippen molar-refractivity contribution in [2.24, 2.45) is 0 Å². The van der Waals surface area contributed by atoms with Crippen LogP contribution in [0.5, 0.6) is 0 Å². The van der Waals surface area contributed by atoms with Crippen molar-refractivity contribution in [2.45, 2.75) is 11.8 Å². The Morgan fingerprint density at radius 3 is 2.39 bits per heavy atom. The average Bonchev–Trinajstić information content (AvgIpc) is 2.32. The van der Waals surface area contributed by atoms with Crippen LogP contribution in [0.2, 0.25) is 10.0 Å². The van der Waals surface area contributed by atoms with Crippen molar-refractivity contribution in [2.75, 3.05) is 0 Å². The number of rotatable bonds is 2. The molecule has 1 atom stereocenters. The molecule has 0 saturated carbocycles. The van der Waals surface area contributed by atoms with Crippen molar-refractivity contribution in [1.29, 1.82) is 0 Å². The van der Waals surface area contributed by atoms with Crippen LogP contribution in [0.25, 0.3) is 0 Å². The van der Waals surface area contributed by atoms with E-state index in [0.29, 0.717) is 10.0 Å². The quantitative estimate of drug-likeness (QED) is 0.494. The van der Waals surface area contributed by atoms with Crippen LogP contribution in [0.15, 0.2) is 40.9 Å². The molecule has 0 aliphatic carbocycles. The summed E-state index contributed by atoms with van der Waals surface area (Å²) in [5.74, 6) is 0. The Bertz CT molecular complexity index is 582. The van der Waals surface area contributed by atoms with Gasteiger partial charge in [-0.2, -0.15) is 0 Å². The van der Waals surface area contributed by atoms with E-state index in [1.165, 1.54) is 5.56 Å². The summed E-state index contributed by atoms with van der Waals surface area (Å²) >= 11 is 19.3. The lowest BCUT2D eigenvalue weighted by Crippen LogP contribution is -1.94. The zero-order chi connectivity index (χ0) is 13.3. The molecule has 0 amide bonds. The van der Waals surface area contributed by atoms with E-state index in [2.05, 4.69) is 57.0 Å². The second-order valence-corrected chi connectivity index (χ2v) is 6.65. The number of hydrogen-bond acceptors (Lipinski definition) is 0. The second kappa shape index (κ2) is 5.96. The van der Waals surface area contributed by atoms with Crippen LogP contribution in [0.4, 0.5) is 0 Å². The summed E-state index contributed by atoms with van der Waals surface area (Å²) in [5.41, 5.74) is 3.37. The zero-order valence-corrected chi connectivity index (χ0v) is 14.2.